The molecule has 3 rings (SSSR count). The van der Waals surface area contributed by atoms with Gasteiger partial charge in [-0.15, -0.1) is 24.0 Å². The normalized spacial score (nSPS) is 15.9. The Balaban J connectivity index is 0.00000363. The van der Waals surface area contributed by atoms with Crippen LogP contribution in [0, 0.1) is 12.8 Å². The molecule has 1 atom stereocenters. The second-order valence-corrected chi connectivity index (χ2v) is 8.25. The van der Waals surface area contributed by atoms with Gasteiger partial charge in [-0.2, -0.15) is 0 Å². The van der Waals surface area contributed by atoms with Crippen LogP contribution in [0.1, 0.15) is 37.0 Å². The van der Waals surface area contributed by atoms with Crippen molar-refractivity contribution < 1.29 is 14.2 Å². The summed E-state index contributed by atoms with van der Waals surface area (Å²) < 4.78 is 17.4. The molecule has 1 aliphatic heterocycles. The van der Waals surface area contributed by atoms with Gasteiger partial charge in [0.15, 0.2) is 5.96 Å². The zero-order chi connectivity index (χ0) is 22.1. The van der Waals surface area contributed by atoms with E-state index in [-0.39, 0.29) is 30.1 Å². The van der Waals surface area contributed by atoms with E-state index in [1.54, 1.807) is 7.05 Å². The van der Waals surface area contributed by atoms with Crippen LogP contribution in [0.5, 0.6) is 11.5 Å². The first kappa shape index (κ1) is 26.3. The Morgan fingerprint density at radius 1 is 1.16 bits per heavy atom. The Bertz CT molecular complexity index is 867. The van der Waals surface area contributed by atoms with Gasteiger partial charge in [0.1, 0.15) is 11.5 Å². The number of benzene rings is 2. The second kappa shape index (κ2) is 13.5. The van der Waals surface area contributed by atoms with E-state index in [4.69, 9.17) is 14.2 Å². The fraction of sp³-hybridized carbons (Fsp3) is 0.480. The van der Waals surface area contributed by atoms with Gasteiger partial charge in [-0.05, 0) is 56.5 Å². The Labute approximate surface area is 209 Å². The van der Waals surface area contributed by atoms with Crippen molar-refractivity contribution in [3.8, 4) is 11.5 Å². The summed E-state index contributed by atoms with van der Waals surface area (Å²) in [5.41, 5.74) is 3.44. The first-order valence-electron chi connectivity index (χ1n) is 11.0. The predicted molar refractivity (Wildman–Crippen MR) is 140 cm³/mol. The van der Waals surface area contributed by atoms with Crippen LogP contribution >= 0.6 is 24.0 Å². The van der Waals surface area contributed by atoms with E-state index in [9.17, 15) is 0 Å². The largest absolute Gasteiger partial charge is 0.493 e. The lowest BCUT2D eigenvalue weighted by Crippen LogP contribution is -2.36. The van der Waals surface area contributed by atoms with Crippen molar-refractivity contribution in [2.45, 2.75) is 46.4 Å². The van der Waals surface area contributed by atoms with Crippen LogP contribution in [0.2, 0.25) is 0 Å². The van der Waals surface area contributed by atoms with E-state index in [0.29, 0.717) is 25.6 Å². The third-order valence-corrected chi connectivity index (χ3v) is 5.12. The molecule has 1 saturated heterocycles. The Morgan fingerprint density at radius 2 is 1.97 bits per heavy atom. The molecule has 6 nitrogen and oxygen atoms in total. The molecule has 2 aromatic carbocycles. The zero-order valence-corrected chi connectivity index (χ0v) is 21.8. The number of hydrogen-bond donors (Lipinski definition) is 2. The van der Waals surface area contributed by atoms with Crippen molar-refractivity contribution >= 4 is 29.9 Å². The minimum atomic E-state index is 0. The number of guanidine groups is 1. The summed E-state index contributed by atoms with van der Waals surface area (Å²) in [6.07, 6.45) is 1.23. The third-order valence-electron chi connectivity index (χ3n) is 5.12. The van der Waals surface area contributed by atoms with Gasteiger partial charge in [0.25, 0.3) is 0 Å². The lowest BCUT2D eigenvalue weighted by atomic mass is 10.1. The maximum Gasteiger partial charge on any atom is 0.191 e. The van der Waals surface area contributed by atoms with E-state index in [2.05, 4.69) is 52.9 Å². The molecule has 0 bridgehead atoms. The van der Waals surface area contributed by atoms with Crippen LogP contribution in [0.15, 0.2) is 47.5 Å². The van der Waals surface area contributed by atoms with Crippen molar-refractivity contribution in [3.05, 3.63) is 59.2 Å². The molecule has 0 radical (unpaired) electrons. The van der Waals surface area contributed by atoms with Crippen molar-refractivity contribution in [2.75, 3.05) is 26.9 Å². The van der Waals surface area contributed by atoms with Gasteiger partial charge < -0.3 is 24.8 Å². The Kier molecular flexibility index (Phi) is 11.1. The number of aryl methyl sites for hydroxylation is 1. The molecule has 32 heavy (non-hydrogen) atoms. The highest BCUT2D eigenvalue weighted by atomic mass is 127. The van der Waals surface area contributed by atoms with Gasteiger partial charge in [-0.1, -0.05) is 24.3 Å². The number of aliphatic imine (C=N–C) groups is 1. The lowest BCUT2D eigenvalue weighted by Gasteiger charge is -2.17. The van der Waals surface area contributed by atoms with Crippen molar-refractivity contribution in [2.24, 2.45) is 10.9 Å². The fourth-order valence-corrected chi connectivity index (χ4v) is 3.45. The Hall–Kier alpha value is -2.00. The quantitative estimate of drug-likeness (QED) is 0.268. The molecule has 7 heteroatoms. The number of rotatable bonds is 9. The van der Waals surface area contributed by atoms with Crippen LogP contribution in [0.3, 0.4) is 0 Å². The summed E-state index contributed by atoms with van der Waals surface area (Å²) in [5.74, 6) is 3.02. The Morgan fingerprint density at radius 3 is 2.69 bits per heavy atom. The van der Waals surface area contributed by atoms with Crippen LogP contribution in [0.25, 0.3) is 0 Å². The van der Waals surface area contributed by atoms with Gasteiger partial charge in [-0.25, -0.2) is 0 Å². The average Bonchev–Trinajstić information content (AvgIpc) is 3.27. The van der Waals surface area contributed by atoms with Gasteiger partial charge in [0, 0.05) is 38.2 Å². The monoisotopic (exact) mass is 553 g/mol. The second-order valence-electron chi connectivity index (χ2n) is 8.25. The van der Waals surface area contributed by atoms with Gasteiger partial charge in [0.05, 0.1) is 19.3 Å². The third kappa shape index (κ3) is 8.50. The summed E-state index contributed by atoms with van der Waals surface area (Å²) in [4.78, 5) is 4.35. The topological polar surface area (TPSA) is 64.1 Å². The smallest absolute Gasteiger partial charge is 0.191 e. The lowest BCUT2D eigenvalue weighted by molar-refractivity contribution is 0.166. The highest BCUT2D eigenvalue weighted by Crippen LogP contribution is 2.22. The molecule has 176 valence electrons. The minimum absolute atomic E-state index is 0. The number of nitrogens with one attached hydrogen (secondary N) is 2. The first-order chi connectivity index (χ1) is 15.0. The molecule has 1 unspecified atom stereocenters. The van der Waals surface area contributed by atoms with E-state index in [1.807, 2.05) is 26.0 Å². The van der Waals surface area contributed by atoms with E-state index in [0.717, 1.165) is 48.2 Å². The molecule has 0 saturated carbocycles. The summed E-state index contributed by atoms with van der Waals surface area (Å²) in [7, 11) is 1.78. The van der Waals surface area contributed by atoms with E-state index >= 15 is 0 Å². The van der Waals surface area contributed by atoms with Crippen molar-refractivity contribution in [1.29, 1.82) is 0 Å². The SMILES string of the molecule is CN=C(NCc1cccc(OC(C)C)c1)NCc1ccc(C)cc1OCC1CCOC1.I. The number of halogens is 1. The molecule has 0 spiro atoms. The van der Waals surface area contributed by atoms with Crippen LogP contribution < -0.4 is 20.1 Å². The highest BCUT2D eigenvalue weighted by Gasteiger charge is 2.17. The van der Waals surface area contributed by atoms with E-state index in [1.165, 1.54) is 5.56 Å². The highest BCUT2D eigenvalue weighted by molar-refractivity contribution is 14.0. The first-order valence-corrected chi connectivity index (χ1v) is 11.0. The summed E-state index contributed by atoms with van der Waals surface area (Å²) >= 11 is 0. The van der Waals surface area contributed by atoms with Gasteiger partial charge in [-0.3, -0.25) is 4.99 Å². The summed E-state index contributed by atoms with van der Waals surface area (Å²) in [6.45, 7) is 9.76. The fourth-order valence-electron chi connectivity index (χ4n) is 3.45. The molecule has 2 aromatic rings. The van der Waals surface area contributed by atoms with Gasteiger partial charge >= 0.3 is 0 Å². The number of hydrogen-bond acceptors (Lipinski definition) is 4. The molecule has 0 aliphatic carbocycles. The van der Waals surface area contributed by atoms with Crippen LogP contribution in [0.4, 0.5) is 0 Å². The molecular formula is C25H36IN3O3. The minimum Gasteiger partial charge on any atom is -0.493 e. The maximum atomic E-state index is 6.15. The molecule has 2 N–H and O–H groups in total. The zero-order valence-electron chi connectivity index (χ0n) is 19.5. The molecule has 1 fully saturated rings. The summed E-state index contributed by atoms with van der Waals surface area (Å²) in [6, 6.07) is 14.4. The van der Waals surface area contributed by atoms with Crippen LogP contribution in [-0.2, 0) is 17.8 Å². The maximum absolute atomic E-state index is 6.15. The summed E-state index contributed by atoms with van der Waals surface area (Å²) in [5, 5.41) is 6.76. The van der Waals surface area contributed by atoms with Gasteiger partial charge in [0.2, 0.25) is 0 Å². The number of nitrogens with zero attached hydrogens (tertiary/aromatic N) is 1. The number of ether oxygens (including phenoxy) is 3. The predicted octanol–water partition coefficient (Wildman–Crippen LogP) is 4.68. The van der Waals surface area contributed by atoms with Crippen LogP contribution in [-0.4, -0.2) is 38.9 Å². The molecule has 1 aliphatic rings. The van der Waals surface area contributed by atoms with Crippen molar-refractivity contribution in [3.63, 3.8) is 0 Å². The average molecular weight is 553 g/mol. The molecule has 0 aromatic heterocycles. The molecule has 1 heterocycles. The molecular weight excluding hydrogens is 517 g/mol. The molecule has 0 amide bonds. The van der Waals surface area contributed by atoms with E-state index < -0.39 is 0 Å². The van der Waals surface area contributed by atoms with Crippen molar-refractivity contribution in [1.82, 2.24) is 10.6 Å². The standard InChI is InChI=1S/C25H35N3O3.HI/c1-18(2)31-23-7-5-6-20(13-23)14-27-25(26-4)28-15-22-9-8-19(3)12-24(22)30-17-21-10-11-29-16-21;/h5-9,12-13,18,21H,10-11,14-17H2,1-4H3,(H2,26,27,28);1H.